The molecule has 1 aliphatic carbocycles. The molecule has 1 aromatic rings. The van der Waals surface area contributed by atoms with Crippen molar-refractivity contribution in [2.75, 3.05) is 13.6 Å². The van der Waals surface area contributed by atoms with Gasteiger partial charge in [-0.3, -0.25) is 0 Å². The summed E-state index contributed by atoms with van der Waals surface area (Å²) in [6, 6.07) is 6.99. The molecular weight excluding hydrogens is 182 g/mol. The zero-order chi connectivity index (χ0) is 10.7. The quantitative estimate of drug-likeness (QED) is 0.796. The molecular formula is C14H21N. The standard InChI is InChI=1S/C14H21N/c1-11-6-7-14-12(8-9-15-2)4-3-5-13(14)10-11/h6-7,10,12,15H,3-5,8-9H2,1-2H3. The zero-order valence-electron chi connectivity index (χ0n) is 9.84. The summed E-state index contributed by atoms with van der Waals surface area (Å²) in [5, 5.41) is 3.26. The minimum atomic E-state index is 0.793. The molecule has 0 heterocycles. The number of fused-ring (bicyclic) bond motifs is 1. The molecule has 0 aromatic heterocycles. The maximum Gasteiger partial charge on any atom is -0.00461 e. The number of aryl methyl sites for hydroxylation is 2. The third-order valence-electron chi connectivity index (χ3n) is 3.48. The smallest absolute Gasteiger partial charge is 0.00461 e. The van der Waals surface area contributed by atoms with Gasteiger partial charge in [-0.2, -0.15) is 0 Å². The Morgan fingerprint density at radius 2 is 2.27 bits per heavy atom. The van der Waals surface area contributed by atoms with Crippen LogP contribution in [0.2, 0.25) is 0 Å². The predicted molar refractivity (Wildman–Crippen MR) is 65.4 cm³/mol. The van der Waals surface area contributed by atoms with E-state index in [-0.39, 0.29) is 0 Å². The second kappa shape index (κ2) is 4.80. The summed E-state index contributed by atoms with van der Waals surface area (Å²) < 4.78 is 0. The van der Waals surface area contributed by atoms with Gasteiger partial charge in [0.15, 0.2) is 0 Å². The van der Waals surface area contributed by atoms with E-state index in [1.165, 1.54) is 31.2 Å². The first kappa shape index (κ1) is 10.7. The highest BCUT2D eigenvalue weighted by Gasteiger charge is 2.19. The third kappa shape index (κ3) is 2.40. The Kier molecular flexibility index (Phi) is 3.42. The molecule has 0 radical (unpaired) electrons. The summed E-state index contributed by atoms with van der Waals surface area (Å²) in [6.45, 7) is 3.33. The molecule has 82 valence electrons. The van der Waals surface area contributed by atoms with Crippen LogP contribution in [-0.4, -0.2) is 13.6 Å². The SMILES string of the molecule is CNCCC1CCCc2cc(C)ccc21. The van der Waals surface area contributed by atoms with E-state index in [0.717, 1.165) is 12.5 Å². The van der Waals surface area contributed by atoms with Crippen LogP contribution < -0.4 is 5.32 Å². The molecule has 2 rings (SSSR count). The highest BCUT2D eigenvalue weighted by Crippen LogP contribution is 2.33. The van der Waals surface area contributed by atoms with Gasteiger partial charge >= 0.3 is 0 Å². The maximum absolute atomic E-state index is 3.26. The minimum Gasteiger partial charge on any atom is -0.320 e. The third-order valence-corrected chi connectivity index (χ3v) is 3.48. The van der Waals surface area contributed by atoms with Crippen molar-refractivity contribution in [2.45, 2.75) is 38.5 Å². The summed E-state index contributed by atoms with van der Waals surface area (Å²) in [6.07, 6.45) is 5.31. The molecule has 0 fully saturated rings. The Morgan fingerprint density at radius 1 is 1.40 bits per heavy atom. The Balaban J connectivity index is 2.18. The lowest BCUT2D eigenvalue weighted by molar-refractivity contribution is 0.509. The number of rotatable bonds is 3. The first-order valence-electron chi connectivity index (χ1n) is 6.05. The van der Waals surface area contributed by atoms with Gasteiger partial charge in [-0.1, -0.05) is 23.8 Å². The molecule has 0 saturated carbocycles. The fraction of sp³-hybridized carbons (Fsp3) is 0.571. The van der Waals surface area contributed by atoms with Crippen molar-refractivity contribution in [3.63, 3.8) is 0 Å². The van der Waals surface area contributed by atoms with Gasteiger partial charge in [-0.05, 0) is 63.2 Å². The normalized spacial score (nSPS) is 20.0. The summed E-state index contributed by atoms with van der Waals surface area (Å²) in [5.41, 5.74) is 4.62. The van der Waals surface area contributed by atoms with Crippen LogP contribution in [0.3, 0.4) is 0 Å². The fourth-order valence-electron chi connectivity index (χ4n) is 2.66. The number of benzene rings is 1. The molecule has 0 saturated heterocycles. The molecule has 1 atom stereocenters. The van der Waals surface area contributed by atoms with Gasteiger partial charge in [-0.15, -0.1) is 0 Å². The van der Waals surface area contributed by atoms with E-state index < -0.39 is 0 Å². The van der Waals surface area contributed by atoms with E-state index >= 15 is 0 Å². The highest BCUT2D eigenvalue weighted by molar-refractivity contribution is 5.35. The molecule has 0 spiro atoms. The van der Waals surface area contributed by atoms with Crippen LogP contribution in [0.25, 0.3) is 0 Å². The van der Waals surface area contributed by atoms with Crippen molar-refractivity contribution in [1.29, 1.82) is 0 Å². The molecule has 1 unspecified atom stereocenters. The second-order valence-corrected chi connectivity index (χ2v) is 4.68. The van der Waals surface area contributed by atoms with Crippen LogP contribution >= 0.6 is 0 Å². The molecule has 1 aliphatic rings. The Hall–Kier alpha value is -0.820. The van der Waals surface area contributed by atoms with Crippen LogP contribution in [0.15, 0.2) is 18.2 Å². The van der Waals surface area contributed by atoms with Crippen molar-refractivity contribution >= 4 is 0 Å². The van der Waals surface area contributed by atoms with Crippen LogP contribution in [0.5, 0.6) is 0 Å². The van der Waals surface area contributed by atoms with Gasteiger partial charge in [0.25, 0.3) is 0 Å². The van der Waals surface area contributed by atoms with Crippen molar-refractivity contribution in [3.8, 4) is 0 Å². The minimum absolute atomic E-state index is 0.793. The molecule has 1 N–H and O–H groups in total. The highest BCUT2D eigenvalue weighted by atomic mass is 14.8. The summed E-state index contributed by atoms with van der Waals surface area (Å²) in [7, 11) is 2.04. The Morgan fingerprint density at radius 3 is 3.07 bits per heavy atom. The van der Waals surface area contributed by atoms with Crippen LogP contribution in [0.1, 0.15) is 41.9 Å². The largest absolute Gasteiger partial charge is 0.320 e. The van der Waals surface area contributed by atoms with Gasteiger partial charge in [0.05, 0.1) is 0 Å². The Bertz CT molecular complexity index is 330. The molecule has 0 amide bonds. The molecule has 1 heteroatoms. The van der Waals surface area contributed by atoms with Crippen LogP contribution in [0, 0.1) is 6.92 Å². The molecule has 0 bridgehead atoms. The molecule has 1 nitrogen and oxygen atoms in total. The van der Waals surface area contributed by atoms with Crippen molar-refractivity contribution in [3.05, 3.63) is 34.9 Å². The fourth-order valence-corrected chi connectivity index (χ4v) is 2.66. The van der Waals surface area contributed by atoms with Crippen molar-refractivity contribution in [2.24, 2.45) is 0 Å². The van der Waals surface area contributed by atoms with Crippen LogP contribution in [0.4, 0.5) is 0 Å². The van der Waals surface area contributed by atoms with Crippen molar-refractivity contribution in [1.82, 2.24) is 5.32 Å². The lowest BCUT2D eigenvalue weighted by atomic mass is 9.80. The Labute approximate surface area is 92.9 Å². The average molecular weight is 203 g/mol. The second-order valence-electron chi connectivity index (χ2n) is 4.68. The zero-order valence-corrected chi connectivity index (χ0v) is 9.84. The average Bonchev–Trinajstić information content (AvgIpc) is 2.25. The van der Waals surface area contributed by atoms with E-state index in [0.29, 0.717) is 0 Å². The lowest BCUT2D eigenvalue weighted by Crippen LogP contribution is -2.16. The van der Waals surface area contributed by atoms with E-state index in [2.05, 4.69) is 30.4 Å². The van der Waals surface area contributed by atoms with Gasteiger partial charge in [0, 0.05) is 0 Å². The summed E-state index contributed by atoms with van der Waals surface area (Å²) in [5.74, 6) is 0.793. The van der Waals surface area contributed by atoms with Gasteiger partial charge in [0.1, 0.15) is 0 Å². The van der Waals surface area contributed by atoms with Gasteiger partial charge in [-0.25, -0.2) is 0 Å². The summed E-state index contributed by atoms with van der Waals surface area (Å²) in [4.78, 5) is 0. The number of hydrogen-bond donors (Lipinski definition) is 1. The lowest BCUT2D eigenvalue weighted by Gasteiger charge is -2.25. The van der Waals surface area contributed by atoms with E-state index in [9.17, 15) is 0 Å². The van der Waals surface area contributed by atoms with E-state index in [4.69, 9.17) is 0 Å². The van der Waals surface area contributed by atoms with Crippen LogP contribution in [-0.2, 0) is 6.42 Å². The predicted octanol–water partition coefficient (Wildman–Crippen LogP) is 3.02. The first-order chi connectivity index (χ1) is 7.31. The maximum atomic E-state index is 3.26. The summed E-state index contributed by atoms with van der Waals surface area (Å²) >= 11 is 0. The molecule has 15 heavy (non-hydrogen) atoms. The monoisotopic (exact) mass is 203 g/mol. The molecule has 0 aliphatic heterocycles. The number of nitrogens with one attached hydrogen (secondary N) is 1. The van der Waals surface area contributed by atoms with E-state index in [1.807, 2.05) is 7.05 Å². The number of hydrogen-bond acceptors (Lipinski definition) is 1. The topological polar surface area (TPSA) is 12.0 Å². The van der Waals surface area contributed by atoms with Crippen molar-refractivity contribution < 1.29 is 0 Å². The first-order valence-corrected chi connectivity index (χ1v) is 6.05. The van der Waals surface area contributed by atoms with Gasteiger partial charge in [0.2, 0.25) is 0 Å². The molecule has 1 aromatic carbocycles. The van der Waals surface area contributed by atoms with Gasteiger partial charge < -0.3 is 5.32 Å². The van der Waals surface area contributed by atoms with E-state index in [1.54, 1.807) is 11.1 Å².